The van der Waals surface area contributed by atoms with Crippen molar-refractivity contribution >= 4 is 11.6 Å². The average molecular weight is 328 g/mol. The Kier molecular flexibility index (Phi) is 3.79. The molecule has 0 amide bonds. The molecule has 1 atom stereocenters. The normalized spacial score (nSPS) is 17.7. The number of ether oxygens (including phenoxy) is 1. The quantitative estimate of drug-likeness (QED) is 0.399. The van der Waals surface area contributed by atoms with Crippen molar-refractivity contribution in [3.05, 3.63) is 108 Å². The smallest absolute Gasteiger partial charge is 0.224 e. The third-order valence-electron chi connectivity index (χ3n) is 4.46. The predicted octanol–water partition coefficient (Wildman–Crippen LogP) is 4.26. The molecule has 0 aliphatic carbocycles. The lowest BCUT2D eigenvalue weighted by Crippen LogP contribution is -2.35. The minimum absolute atomic E-state index is 0.296. The van der Waals surface area contributed by atoms with Gasteiger partial charge in [0.25, 0.3) is 0 Å². The molecule has 0 bridgehead atoms. The first-order valence-corrected chi connectivity index (χ1v) is 8.16. The standard InChI is InChI=1S/C22H16O3/c23-19(16-10-4-1-5-11-16)22(20(24)17-12-6-2-7-13-17)21(25-22)18-14-8-3-9-15-18/h1-15,21H. The van der Waals surface area contributed by atoms with E-state index >= 15 is 0 Å². The highest BCUT2D eigenvalue weighted by Gasteiger charge is 2.68. The van der Waals surface area contributed by atoms with Gasteiger partial charge in [-0.1, -0.05) is 91.0 Å². The molecule has 0 saturated carbocycles. The minimum Gasteiger partial charge on any atom is -0.344 e. The monoisotopic (exact) mass is 328 g/mol. The van der Waals surface area contributed by atoms with Crippen molar-refractivity contribution in [2.45, 2.75) is 11.7 Å². The summed E-state index contributed by atoms with van der Waals surface area (Å²) in [5.41, 5.74) is 0.302. The predicted molar refractivity (Wildman–Crippen MR) is 94.5 cm³/mol. The van der Waals surface area contributed by atoms with Gasteiger partial charge < -0.3 is 4.74 Å². The minimum atomic E-state index is -1.48. The van der Waals surface area contributed by atoms with Crippen LogP contribution in [0.4, 0.5) is 0 Å². The van der Waals surface area contributed by atoms with Gasteiger partial charge in [-0.25, -0.2) is 0 Å². The molecular weight excluding hydrogens is 312 g/mol. The third kappa shape index (κ3) is 2.59. The number of rotatable bonds is 5. The van der Waals surface area contributed by atoms with Crippen LogP contribution in [0.5, 0.6) is 0 Å². The lowest BCUT2D eigenvalue weighted by Gasteiger charge is -2.12. The molecule has 1 saturated heterocycles. The highest BCUT2D eigenvalue weighted by atomic mass is 16.6. The Morgan fingerprint density at radius 1 is 0.640 bits per heavy atom. The van der Waals surface area contributed by atoms with Crippen LogP contribution in [-0.2, 0) is 4.74 Å². The zero-order chi connectivity index (χ0) is 17.3. The molecule has 0 aromatic heterocycles. The molecule has 122 valence electrons. The summed E-state index contributed by atoms with van der Waals surface area (Å²) in [6.07, 6.45) is -0.561. The van der Waals surface area contributed by atoms with Crippen molar-refractivity contribution in [3.8, 4) is 0 Å². The highest BCUT2D eigenvalue weighted by molar-refractivity contribution is 6.25. The van der Waals surface area contributed by atoms with Crippen LogP contribution in [0.2, 0.25) is 0 Å². The second-order valence-corrected chi connectivity index (χ2v) is 6.03. The molecule has 4 rings (SSSR count). The number of epoxide rings is 1. The van der Waals surface area contributed by atoms with E-state index in [0.29, 0.717) is 11.1 Å². The van der Waals surface area contributed by atoms with Gasteiger partial charge in [-0.3, -0.25) is 9.59 Å². The van der Waals surface area contributed by atoms with E-state index in [1.165, 1.54) is 0 Å². The average Bonchev–Trinajstić information content (AvgIpc) is 3.46. The number of hydrogen-bond acceptors (Lipinski definition) is 3. The Morgan fingerprint density at radius 3 is 1.48 bits per heavy atom. The van der Waals surface area contributed by atoms with Crippen LogP contribution < -0.4 is 0 Å². The Morgan fingerprint density at radius 2 is 1.04 bits per heavy atom. The summed E-state index contributed by atoms with van der Waals surface area (Å²) in [6.45, 7) is 0. The van der Waals surface area contributed by atoms with Crippen LogP contribution in [0.1, 0.15) is 32.4 Å². The van der Waals surface area contributed by atoms with Crippen molar-refractivity contribution in [2.24, 2.45) is 0 Å². The van der Waals surface area contributed by atoms with Crippen molar-refractivity contribution in [1.82, 2.24) is 0 Å². The van der Waals surface area contributed by atoms with E-state index in [0.717, 1.165) is 5.56 Å². The topological polar surface area (TPSA) is 46.7 Å². The number of carbonyl (C=O) groups excluding carboxylic acids is 2. The third-order valence-corrected chi connectivity index (χ3v) is 4.46. The van der Waals surface area contributed by atoms with Gasteiger partial charge in [-0.2, -0.15) is 0 Å². The van der Waals surface area contributed by atoms with Gasteiger partial charge >= 0.3 is 0 Å². The van der Waals surface area contributed by atoms with Crippen LogP contribution in [0, 0.1) is 0 Å². The molecule has 1 fully saturated rings. The first-order chi connectivity index (χ1) is 12.2. The summed E-state index contributed by atoms with van der Waals surface area (Å²) in [5.74, 6) is -0.591. The van der Waals surface area contributed by atoms with Crippen molar-refractivity contribution in [1.29, 1.82) is 0 Å². The largest absolute Gasteiger partial charge is 0.344 e. The van der Waals surface area contributed by atoms with Crippen LogP contribution >= 0.6 is 0 Å². The molecule has 1 aliphatic heterocycles. The molecule has 1 aliphatic rings. The summed E-state index contributed by atoms with van der Waals surface area (Å²) < 4.78 is 5.82. The summed E-state index contributed by atoms with van der Waals surface area (Å²) in [6, 6.07) is 27.1. The maximum Gasteiger partial charge on any atom is 0.224 e. The molecule has 1 unspecified atom stereocenters. The molecule has 3 aromatic carbocycles. The Hall–Kier alpha value is -3.04. The number of hydrogen-bond donors (Lipinski definition) is 0. The van der Waals surface area contributed by atoms with E-state index in [1.807, 2.05) is 42.5 Å². The molecule has 25 heavy (non-hydrogen) atoms. The Balaban J connectivity index is 1.78. The van der Waals surface area contributed by atoms with Gasteiger partial charge in [0, 0.05) is 11.1 Å². The number of ketones is 2. The number of Topliss-reactive ketones (excluding diaryl/α,β-unsaturated/α-hetero) is 2. The van der Waals surface area contributed by atoms with Crippen LogP contribution in [-0.4, -0.2) is 17.2 Å². The fourth-order valence-corrected chi connectivity index (χ4v) is 3.14. The molecule has 3 nitrogen and oxygen atoms in total. The molecule has 3 aromatic rings. The fourth-order valence-electron chi connectivity index (χ4n) is 3.14. The van der Waals surface area contributed by atoms with Crippen LogP contribution in [0.3, 0.4) is 0 Å². The SMILES string of the molecule is O=C(c1ccccc1)C1(C(=O)c2ccccc2)OC1c1ccccc1. The van der Waals surface area contributed by atoms with Gasteiger partial charge in [0.2, 0.25) is 17.2 Å². The summed E-state index contributed by atoms with van der Waals surface area (Å²) in [4.78, 5) is 26.4. The molecule has 0 N–H and O–H groups in total. The first kappa shape index (κ1) is 15.5. The van der Waals surface area contributed by atoms with Gasteiger partial charge in [0.1, 0.15) is 6.10 Å². The second kappa shape index (κ2) is 6.11. The van der Waals surface area contributed by atoms with E-state index in [9.17, 15) is 9.59 Å². The lowest BCUT2D eigenvalue weighted by molar-refractivity contribution is 0.0752. The zero-order valence-corrected chi connectivity index (χ0v) is 13.5. The highest BCUT2D eigenvalue weighted by Crippen LogP contribution is 2.53. The zero-order valence-electron chi connectivity index (χ0n) is 13.5. The number of carbonyl (C=O) groups is 2. The Bertz CT molecular complexity index is 850. The van der Waals surface area contributed by atoms with Crippen molar-refractivity contribution in [3.63, 3.8) is 0 Å². The van der Waals surface area contributed by atoms with Gasteiger partial charge in [0.05, 0.1) is 0 Å². The van der Waals surface area contributed by atoms with Crippen molar-refractivity contribution < 1.29 is 14.3 Å². The summed E-state index contributed by atoms with van der Waals surface area (Å²) >= 11 is 0. The molecular formula is C22H16O3. The molecule has 0 radical (unpaired) electrons. The number of benzene rings is 3. The summed E-state index contributed by atoms with van der Waals surface area (Å²) in [5, 5.41) is 0. The first-order valence-electron chi connectivity index (χ1n) is 8.16. The molecule has 0 spiro atoms. The fraction of sp³-hybridized carbons (Fsp3) is 0.0909. The van der Waals surface area contributed by atoms with E-state index in [2.05, 4.69) is 0 Å². The van der Waals surface area contributed by atoms with Gasteiger partial charge in [-0.05, 0) is 5.56 Å². The maximum absolute atomic E-state index is 13.2. The lowest BCUT2D eigenvalue weighted by atomic mass is 9.85. The van der Waals surface area contributed by atoms with Crippen molar-refractivity contribution in [2.75, 3.05) is 0 Å². The van der Waals surface area contributed by atoms with E-state index in [4.69, 9.17) is 4.74 Å². The van der Waals surface area contributed by atoms with E-state index in [-0.39, 0.29) is 11.6 Å². The molecule has 3 heteroatoms. The molecule has 1 heterocycles. The second-order valence-electron chi connectivity index (χ2n) is 6.03. The van der Waals surface area contributed by atoms with E-state index in [1.54, 1.807) is 48.5 Å². The maximum atomic E-state index is 13.2. The Labute approximate surface area is 145 Å². The van der Waals surface area contributed by atoms with Crippen LogP contribution in [0.25, 0.3) is 0 Å². The summed E-state index contributed by atoms with van der Waals surface area (Å²) in [7, 11) is 0. The van der Waals surface area contributed by atoms with Gasteiger partial charge in [-0.15, -0.1) is 0 Å². The van der Waals surface area contributed by atoms with Gasteiger partial charge in [0.15, 0.2) is 0 Å². The van der Waals surface area contributed by atoms with E-state index < -0.39 is 11.7 Å². The van der Waals surface area contributed by atoms with Crippen LogP contribution in [0.15, 0.2) is 91.0 Å².